The van der Waals surface area contributed by atoms with Gasteiger partial charge in [-0.05, 0) is 18.3 Å². The van der Waals surface area contributed by atoms with Crippen molar-refractivity contribution in [3.8, 4) is 0 Å². The van der Waals surface area contributed by atoms with Crippen LogP contribution in [0.25, 0.3) is 0 Å². The quantitative estimate of drug-likeness (QED) is 0.254. The third-order valence-corrected chi connectivity index (χ3v) is 3.31. The predicted molar refractivity (Wildman–Crippen MR) is 64.5 cm³/mol. The lowest BCUT2D eigenvalue weighted by atomic mass is 10.0. The van der Waals surface area contributed by atoms with Gasteiger partial charge in [-0.25, -0.2) is 13.2 Å². The summed E-state index contributed by atoms with van der Waals surface area (Å²) in [5, 5.41) is 14.1. The lowest BCUT2D eigenvalue weighted by Crippen LogP contribution is -2.24. The first kappa shape index (κ1) is 13.5. The average molecular weight is 273 g/mol. The van der Waals surface area contributed by atoms with Crippen LogP contribution < -0.4 is 11.1 Å². The van der Waals surface area contributed by atoms with Crippen molar-refractivity contribution in [2.75, 3.05) is 11.9 Å². The van der Waals surface area contributed by atoms with Crippen LogP contribution in [0.5, 0.6) is 0 Å². The van der Waals surface area contributed by atoms with E-state index in [1.165, 1.54) is 0 Å². The lowest BCUT2D eigenvalue weighted by molar-refractivity contribution is 0.315. The molecule has 2 rings (SSSR count). The Labute approximate surface area is 108 Å². The van der Waals surface area contributed by atoms with Crippen LogP contribution in [0.4, 0.5) is 18.9 Å². The molecule has 4 N–H and O–H groups in total. The number of nitrogens with two attached hydrogens (primary N) is 1. The number of halogens is 3. The summed E-state index contributed by atoms with van der Waals surface area (Å²) < 4.78 is 39.2. The highest BCUT2D eigenvalue weighted by Crippen LogP contribution is 2.48. The summed E-state index contributed by atoms with van der Waals surface area (Å²) in [5.74, 6) is -3.07. The van der Waals surface area contributed by atoms with Crippen LogP contribution in [-0.2, 0) is 0 Å². The number of nitrogens with zero attached hydrogens (tertiary/aromatic N) is 1. The van der Waals surface area contributed by atoms with Crippen molar-refractivity contribution in [2.24, 2.45) is 16.3 Å². The molecule has 4 nitrogen and oxygen atoms in total. The van der Waals surface area contributed by atoms with Crippen molar-refractivity contribution in [1.29, 1.82) is 0 Å². The van der Waals surface area contributed by atoms with Gasteiger partial charge in [-0.1, -0.05) is 5.16 Å². The van der Waals surface area contributed by atoms with Gasteiger partial charge in [-0.3, -0.25) is 0 Å². The molecule has 104 valence electrons. The van der Waals surface area contributed by atoms with E-state index >= 15 is 0 Å². The fraction of sp³-hybridized carbons (Fsp3) is 0.417. The maximum atomic E-state index is 13.4. The first-order valence-corrected chi connectivity index (χ1v) is 5.81. The van der Waals surface area contributed by atoms with E-state index in [1.807, 2.05) is 0 Å². The van der Waals surface area contributed by atoms with Gasteiger partial charge < -0.3 is 16.3 Å². The summed E-state index contributed by atoms with van der Waals surface area (Å²) in [5.41, 5.74) is 5.14. The molecule has 0 amide bonds. The molecule has 1 aromatic rings. The molecular formula is C12H14F3N3O. The minimum atomic E-state index is -1.22. The fourth-order valence-electron chi connectivity index (χ4n) is 1.95. The van der Waals surface area contributed by atoms with E-state index < -0.39 is 17.5 Å². The molecule has 0 saturated heterocycles. The summed E-state index contributed by atoms with van der Waals surface area (Å²) >= 11 is 0. The van der Waals surface area contributed by atoms with Gasteiger partial charge in [0.2, 0.25) is 0 Å². The largest absolute Gasteiger partial charge is 0.409 e. The van der Waals surface area contributed by atoms with Crippen LogP contribution >= 0.6 is 0 Å². The van der Waals surface area contributed by atoms with Crippen molar-refractivity contribution in [2.45, 2.75) is 19.3 Å². The van der Waals surface area contributed by atoms with Crippen LogP contribution in [-0.4, -0.2) is 17.6 Å². The Morgan fingerprint density at radius 2 is 1.89 bits per heavy atom. The summed E-state index contributed by atoms with van der Waals surface area (Å²) in [6, 6.07) is 1.28. The predicted octanol–water partition coefficient (Wildman–Crippen LogP) is 2.43. The molecule has 1 saturated carbocycles. The lowest BCUT2D eigenvalue weighted by Gasteiger charge is -2.16. The van der Waals surface area contributed by atoms with E-state index in [4.69, 9.17) is 10.9 Å². The number of oxime groups is 1. The minimum absolute atomic E-state index is 0.0929. The van der Waals surface area contributed by atoms with E-state index in [-0.39, 0.29) is 16.9 Å². The monoisotopic (exact) mass is 273 g/mol. The normalized spacial score (nSPS) is 17.3. The highest BCUT2D eigenvalue weighted by Gasteiger charge is 2.43. The highest BCUT2D eigenvalue weighted by molar-refractivity contribution is 5.80. The van der Waals surface area contributed by atoms with Crippen molar-refractivity contribution in [3.05, 3.63) is 29.6 Å². The van der Waals surface area contributed by atoms with Gasteiger partial charge >= 0.3 is 0 Å². The smallest absolute Gasteiger partial charge is 0.161 e. The van der Waals surface area contributed by atoms with Gasteiger partial charge in [-0.2, -0.15) is 0 Å². The number of amidine groups is 1. The molecule has 1 fully saturated rings. The summed E-state index contributed by atoms with van der Waals surface area (Å²) in [6.07, 6.45) is 2.07. The third-order valence-electron chi connectivity index (χ3n) is 3.31. The number of benzene rings is 1. The Balaban J connectivity index is 2.01. The Morgan fingerprint density at radius 3 is 2.47 bits per heavy atom. The minimum Gasteiger partial charge on any atom is -0.409 e. The zero-order valence-electron chi connectivity index (χ0n) is 10.1. The Morgan fingerprint density at radius 1 is 1.26 bits per heavy atom. The Hall–Kier alpha value is -1.92. The molecule has 0 bridgehead atoms. The van der Waals surface area contributed by atoms with Gasteiger partial charge in [0.05, 0.1) is 5.69 Å². The van der Waals surface area contributed by atoms with E-state index in [2.05, 4.69) is 10.5 Å². The zero-order chi connectivity index (χ0) is 14.0. The molecule has 0 aromatic heterocycles. The Kier molecular flexibility index (Phi) is 3.55. The van der Waals surface area contributed by atoms with E-state index in [1.54, 1.807) is 0 Å². The van der Waals surface area contributed by atoms with Crippen LogP contribution in [0.1, 0.15) is 19.3 Å². The van der Waals surface area contributed by atoms with Gasteiger partial charge in [0.15, 0.2) is 11.6 Å². The summed E-state index contributed by atoms with van der Waals surface area (Å²) in [6.45, 7) is 0.352. The molecule has 0 aliphatic heterocycles. The molecular weight excluding hydrogens is 259 g/mol. The molecule has 1 aliphatic carbocycles. The first-order chi connectivity index (χ1) is 8.96. The maximum Gasteiger partial charge on any atom is 0.161 e. The van der Waals surface area contributed by atoms with Crippen molar-refractivity contribution in [3.63, 3.8) is 0 Å². The fourth-order valence-corrected chi connectivity index (χ4v) is 1.95. The number of nitrogens with one attached hydrogen (secondary N) is 1. The number of hydrogen-bond acceptors (Lipinski definition) is 3. The molecule has 0 spiro atoms. The molecule has 0 radical (unpaired) electrons. The van der Waals surface area contributed by atoms with Crippen molar-refractivity contribution >= 4 is 11.5 Å². The number of anilines is 1. The number of rotatable bonds is 5. The summed E-state index contributed by atoms with van der Waals surface area (Å²) in [4.78, 5) is 0. The van der Waals surface area contributed by atoms with Crippen molar-refractivity contribution < 1.29 is 18.4 Å². The number of hydrogen-bond donors (Lipinski definition) is 3. The second-order valence-electron chi connectivity index (χ2n) is 4.87. The summed E-state index contributed by atoms with van der Waals surface area (Å²) in [7, 11) is 0. The maximum absolute atomic E-state index is 13.4. The SMILES string of the molecule is NC(CC1(CNc2cc(F)c(F)cc2F)CC1)=NO. The second-order valence-corrected chi connectivity index (χ2v) is 4.87. The van der Waals surface area contributed by atoms with Crippen LogP contribution in [0.2, 0.25) is 0 Å². The van der Waals surface area contributed by atoms with E-state index in [0.717, 1.165) is 18.9 Å². The molecule has 0 heterocycles. The first-order valence-electron chi connectivity index (χ1n) is 5.81. The molecule has 1 aromatic carbocycles. The third kappa shape index (κ3) is 3.10. The Bertz CT molecular complexity index is 515. The van der Waals surface area contributed by atoms with Crippen LogP contribution in [0.3, 0.4) is 0 Å². The second kappa shape index (κ2) is 4.99. The molecule has 19 heavy (non-hydrogen) atoms. The van der Waals surface area contributed by atoms with Crippen LogP contribution in [0.15, 0.2) is 17.3 Å². The van der Waals surface area contributed by atoms with E-state index in [9.17, 15) is 13.2 Å². The average Bonchev–Trinajstić information content (AvgIpc) is 3.12. The molecule has 0 unspecified atom stereocenters. The zero-order valence-corrected chi connectivity index (χ0v) is 10.1. The van der Waals surface area contributed by atoms with Gasteiger partial charge in [0, 0.05) is 25.1 Å². The van der Waals surface area contributed by atoms with Gasteiger partial charge in [0.1, 0.15) is 11.7 Å². The van der Waals surface area contributed by atoms with Crippen LogP contribution in [0, 0.1) is 22.9 Å². The van der Waals surface area contributed by atoms with E-state index in [0.29, 0.717) is 19.0 Å². The van der Waals surface area contributed by atoms with Gasteiger partial charge in [-0.15, -0.1) is 0 Å². The standard InChI is InChI=1S/C12H14F3N3O/c13-7-3-9(15)10(4-8(7)14)17-6-12(1-2-12)5-11(16)18-19/h3-4,17,19H,1-2,5-6H2,(H2,16,18). The topological polar surface area (TPSA) is 70.6 Å². The van der Waals surface area contributed by atoms with Gasteiger partial charge in [0.25, 0.3) is 0 Å². The molecule has 0 atom stereocenters. The molecule has 7 heteroatoms. The highest BCUT2D eigenvalue weighted by atomic mass is 19.2. The molecule has 1 aliphatic rings. The van der Waals surface area contributed by atoms with Crippen molar-refractivity contribution in [1.82, 2.24) is 0 Å².